The van der Waals surface area contributed by atoms with E-state index in [1.807, 2.05) is 0 Å². The van der Waals surface area contributed by atoms with Gasteiger partial charge in [0.05, 0.1) is 12.1 Å². The van der Waals surface area contributed by atoms with Crippen molar-refractivity contribution in [2.75, 3.05) is 0 Å². The van der Waals surface area contributed by atoms with E-state index < -0.39 is 36.5 Å². The van der Waals surface area contributed by atoms with Crippen LogP contribution in [0.5, 0.6) is 0 Å². The third-order valence-corrected chi connectivity index (χ3v) is 2.64. The zero-order chi connectivity index (χ0) is 13.2. The summed E-state index contributed by atoms with van der Waals surface area (Å²) in [6, 6.07) is -1.63. The van der Waals surface area contributed by atoms with Crippen LogP contribution in [0.25, 0.3) is 0 Å². The summed E-state index contributed by atoms with van der Waals surface area (Å²) < 4.78 is 5.15. The van der Waals surface area contributed by atoms with E-state index in [2.05, 4.69) is 10.6 Å². The maximum atomic E-state index is 11.0. The molecule has 5 atom stereocenters. The zero-order valence-electron chi connectivity index (χ0n) is 10.0. The molecule has 7 nitrogen and oxygen atoms in total. The van der Waals surface area contributed by atoms with Crippen LogP contribution >= 0.6 is 0 Å². The fourth-order valence-electron chi connectivity index (χ4n) is 1.89. The van der Waals surface area contributed by atoms with Crippen LogP contribution in [0, 0.1) is 0 Å². The largest absolute Gasteiger partial charge is 0.389 e. The van der Waals surface area contributed by atoms with Crippen molar-refractivity contribution in [2.45, 2.75) is 51.4 Å². The summed E-state index contributed by atoms with van der Waals surface area (Å²) in [5.74, 6) is -0.713. The van der Waals surface area contributed by atoms with Crippen molar-refractivity contribution in [3.8, 4) is 0 Å². The molecule has 0 aliphatic carbocycles. The van der Waals surface area contributed by atoms with E-state index >= 15 is 0 Å². The Morgan fingerprint density at radius 1 is 1.06 bits per heavy atom. The highest BCUT2D eigenvalue weighted by Gasteiger charge is 2.43. The number of hydrogen-bond acceptors (Lipinski definition) is 5. The van der Waals surface area contributed by atoms with Crippen LogP contribution in [0.1, 0.15) is 20.8 Å². The molecule has 17 heavy (non-hydrogen) atoms. The van der Waals surface area contributed by atoms with Crippen LogP contribution in [0.3, 0.4) is 0 Å². The number of aliphatic hydroxyl groups excluding tert-OH is 2. The van der Waals surface area contributed by atoms with Gasteiger partial charge in [-0.15, -0.1) is 0 Å². The second kappa shape index (κ2) is 5.44. The van der Waals surface area contributed by atoms with Gasteiger partial charge in [-0.3, -0.25) is 9.59 Å². The Balaban J connectivity index is 2.78. The molecule has 7 heteroatoms. The van der Waals surface area contributed by atoms with E-state index in [9.17, 15) is 19.8 Å². The lowest BCUT2D eigenvalue weighted by Crippen LogP contribution is -2.66. The molecular weight excluding hydrogens is 228 g/mol. The number of carbonyl (C=O) groups is 2. The first-order chi connectivity index (χ1) is 7.82. The van der Waals surface area contributed by atoms with Crippen LogP contribution in [-0.4, -0.2) is 52.6 Å². The van der Waals surface area contributed by atoms with Crippen molar-refractivity contribution < 1.29 is 24.5 Å². The molecule has 0 radical (unpaired) electrons. The summed E-state index contributed by atoms with van der Waals surface area (Å²) in [4.78, 5) is 21.9. The summed E-state index contributed by atoms with van der Waals surface area (Å²) in [6.45, 7) is 4.21. The topological polar surface area (TPSA) is 108 Å². The predicted octanol–water partition coefficient (Wildman–Crippen LogP) is -1.91. The van der Waals surface area contributed by atoms with Gasteiger partial charge >= 0.3 is 0 Å². The van der Waals surface area contributed by atoms with Crippen molar-refractivity contribution >= 4 is 11.8 Å². The van der Waals surface area contributed by atoms with Gasteiger partial charge in [0, 0.05) is 13.8 Å². The number of hydrogen-bond donors (Lipinski definition) is 4. The Bertz CT molecular complexity index is 281. The van der Waals surface area contributed by atoms with Crippen LogP contribution in [0.2, 0.25) is 0 Å². The van der Waals surface area contributed by atoms with E-state index in [0.717, 1.165) is 0 Å². The lowest BCUT2D eigenvalue weighted by Gasteiger charge is -2.42. The minimum absolute atomic E-state index is 0.317. The summed E-state index contributed by atoms with van der Waals surface area (Å²) in [7, 11) is 0. The van der Waals surface area contributed by atoms with Crippen molar-refractivity contribution in [1.29, 1.82) is 0 Å². The molecule has 1 aliphatic heterocycles. The summed E-state index contributed by atoms with van der Waals surface area (Å²) >= 11 is 0. The average Bonchev–Trinajstić information content (AvgIpc) is 2.18. The van der Waals surface area contributed by atoms with Gasteiger partial charge in [0.25, 0.3) is 0 Å². The highest BCUT2D eigenvalue weighted by atomic mass is 16.6. The minimum Gasteiger partial charge on any atom is -0.389 e. The Hall–Kier alpha value is -1.18. The molecule has 1 saturated heterocycles. The molecule has 0 bridgehead atoms. The number of nitrogens with one attached hydrogen (secondary N) is 2. The van der Waals surface area contributed by atoms with Crippen molar-refractivity contribution in [3.05, 3.63) is 0 Å². The van der Waals surface area contributed by atoms with E-state index in [1.54, 1.807) is 6.92 Å². The lowest BCUT2D eigenvalue weighted by atomic mass is 9.95. The van der Waals surface area contributed by atoms with Crippen molar-refractivity contribution in [2.24, 2.45) is 0 Å². The highest BCUT2D eigenvalue weighted by molar-refractivity contribution is 5.74. The zero-order valence-corrected chi connectivity index (χ0v) is 10.0. The molecule has 98 valence electrons. The fourth-order valence-corrected chi connectivity index (χ4v) is 1.89. The molecule has 1 fully saturated rings. The molecule has 0 saturated carbocycles. The molecule has 0 unspecified atom stereocenters. The Morgan fingerprint density at radius 3 is 2.00 bits per heavy atom. The quantitative estimate of drug-likeness (QED) is 0.455. The van der Waals surface area contributed by atoms with E-state index in [0.29, 0.717) is 0 Å². The molecule has 2 amide bonds. The van der Waals surface area contributed by atoms with Crippen LogP contribution in [-0.2, 0) is 14.3 Å². The molecule has 1 aliphatic rings. The number of carbonyl (C=O) groups excluding carboxylic acids is 2. The lowest BCUT2D eigenvalue weighted by molar-refractivity contribution is -0.214. The van der Waals surface area contributed by atoms with Gasteiger partial charge in [-0.05, 0) is 6.92 Å². The maximum absolute atomic E-state index is 11.0. The maximum Gasteiger partial charge on any atom is 0.217 e. The van der Waals surface area contributed by atoms with E-state index in [4.69, 9.17) is 4.74 Å². The molecule has 0 aromatic rings. The highest BCUT2D eigenvalue weighted by Crippen LogP contribution is 2.19. The van der Waals surface area contributed by atoms with Gasteiger partial charge in [0.2, 0.25) is 11.8 Å². The van der Waals surface area contributed by atoms with E-state index in [-0.39, 0.29) is 5.91 Å². The van der Waals surface area contributed by atoms with Crippen molar-refractivity contribution in [1.82, 2.24) is 10.6 Å². The van der Waals surface area contributed by atoms with Gasteiger partial charge < -0.3 is 25.6 Å². The molecule has 4 N–H and O–H groups in total. The first-order valence-electron chi connectivity index (χ1n) is 5.38. The summed E-state index contributed by atoms with van der Waals surface area (Å²) in [5, 5.41) is 24.5. The summed E-state index contributed by atoms with van der Waals surface area (Å²) in [6.07, 6.45) is -2.95. The van der Waals surface area contributed by atoms with Gasteiger partial charge in [0.15, 0.2) is 6.29 Å². The Labute approximate surface area is 99.1 Å². The number of amides is 2. The van der Waals surface area contributed by atoms with E-state index in [1.165, 1.54) is 13.8 Å². The van der Waals surface area contributed by atoms with Crippen LogP contribution < -0.4 is 10.6 Å². The monoisotopic (exact) mass is 246 g/mol. The van der Waals surface area contributed by atoms with Gasteiger partial charge in [-0.25, -0.2) is 0 Å². The first-order valence-corrected chi connectivity index (χ1v) is 5.38. The number of rotatable bonds is 2. The molecular formula is C10H18N2O5. The van der Waals surface area contributed by atoms with Gasteiger partial charge in [0.1, 0.15) is 12.1 Å². The number of aliphatic hydroxyl groups is 2. The minimum atomic E-state index is -1.30. The molecule has 0 aromatic heterocycles. The first kappa shape index (κ1) is 13.9. The molecule has 1 rings (SSSR count). The number of ether oxygens (including phenoxy) is 1. The Kier molecular flexibility index (Phi) is 4.44. The van der Waals surface area contributed by atoms with Gasteiger partial charge in [-0.2, -0.15) is 0 Å². The third-order valence-electron chi connectivity index (χ3n) is 2.64. The Morgan fingerprint density at radius 2 is 1.53 bits per heavy atom. The summed E-state index contributed by atoms with van der Waals surface area (Å²) in [5.41, 5.74) is 0. The SMILES string of the molecule is CC(=O)N[C@@H]1[C@H](O)[C@H](NC(C)=O)[C@@H](C)O[C@@H]1O. The second-order valence-electron chi connectivity index (χ2n) is 4.17. The van der Waals surface area contributed by atoms with Gasteiger partial charge in [-0.1, -0.05) is 0 Å². The predicted molar refractivity (Wildman–Crippen MR) is 57.8 cm³/mol. The molecule has 0 aromatic carbocycles. The second-order valence-corrected chi connectivity index (χ2v) is 4.17. The van der Waals surface area contributed by atoms with Crippen molar-refractivity contribution in [3.63, 3.8) is 0 Å². The fraction of sp³-hybridized carbons (Fsp3) is 0.800. The normalized spacial score (nSPS) is 37.4. The molecule has 1 heterocycles. The molecule has 0 spiro atoms. The third kappa shape index (κ3) is 3.39. The van der Waals surface area contributed by atoms with Crippen LogP contribution in [0.15, 0.2) is 0 Å². The van der Waals surface area contributed by atoms with Crippen LogP contribution in [0.4, 0.5) is 0 Å². The smallest absolute Gasteiger partial charge is 0.217 e. The average molecular weight is 246 g/mol. The standard InChI is InChI=1S/C10H18N2O5/c1-4-7(11-5(2)13)9(15)8(10(16)17-4)12-6(3)14/h4,7-10,15-16H,1-3H3,(H,11,13)(H,12,14)/t4-,7-,8-,9-,10+/m1/s1.